The van der Waals surface area contributed by atoms with Crippen LogP contribution in [0.5, 0.6) is 0 Å². The van der Waals surface area contributed by atoms with E-state index in [0.29, 0.717) is 0 Å². The Balaban J connectivity index is 1.80. The molecule has 7 heteroatoms. The molecule has 0 aliphatic heterocycles. The van der Waals surface area contributed by atoms with Crippen LogP contribution >= 0.6 is 0 Å². The number of pyridine rings is 1. The fourth-order valence-electron chi connectivity index (χ4n) is 3.14. The van der Waals surface area contributed by atoms with Crippen LogP contribution in [-0.4, -0.2) is 15.8 Å². The summed E-state index contributed by atoms with van der Waals surface area (Å²) in [5.41, 5.74) is 8.38. The zero-order valence-electron chi connectivity index (χ0n) is 16.1. The van der Waals surface area contributed by atoms with Crippen molar-refractivity contribution >= 4 is 12.0 Å². The Bertz CT molecular complexity index is 1020. The van der Waals surface area contributed by atoms with Crippen LogP contribution in [0.25, 0.3) is 5.69 Å². The van der Waals surface area contributed by atoms with Crippen LogP contribution in [0.1, 0.15) is 33.6 Å². The minimum absolute atomic E-state index is 0.243. The second kappa shape index (κ2) is 7.50. The molecule has 146 valence electrons. The standard InChI is InChI=1S/C21H21F3N4/c1-13-5-7-19(14(2)9-13)28-15(3)10-17(16(28)4)11-26-27-20-8-6-18(12-25-20)21(22,23)24/h5-12H,1-4H3,(H,25,27)/b26-11-. The molecule has 0 aliphatic carbocycles. The van der Waals surface area contributed by atoms with Gasteiger partial charge in [0.2, 0.25) is 0 Å². The molecule has 0 saturated heterocycles. The molecule has 0 radical (unpaired) electrons. The average molecular weight is 386 g/mol. The van der Waals surface area contributed by atoms with Crippen molar-refractivity contribution in [2.75, 3.05) is 5.43 Å². The van der Waals surface area contributed by atoms with E-state index in [4.69, 9.17) is 0 Å². The van der Waals surface area contributed by atoms with Crippen molar-refractivity contribution in [3.05, 3.63) is 76.2 Å². The number of hydrogen-bond donors (Lipinski definition) is 1. The summed E-state index contributed by atoms with van der Waals surface area (Å²) in [6, 6.07) is 10.5. The zero-order valence-corrected chi connectivity index (χ0v) is 16.1. The molecule has 0 amide bonds. The van der Waals surface area contributed by atoms with Crippen molar-refractivity contribution in [3.8, 4) is 5.69 Å². The van der Waals surface area contributed by atoms with Crippen LogP contribution in [-0.2, 0) is 6.18 Å². The lowest BCUT2D eigenvalue weighted by Crippen LogP contribution is -2.05. The van der Waals surface area contributed by atoms with Gasteiger partial charge in [-0.25, -0.2) is 4.98 Å². The van der Waals surface area contributed by atoms with Gasteiger partial charge in [0.25, 0.3) is 0 Å². The van der Waals surface area contributed by atoms with Crippen LogP contribution < -0.4 is 5.43 Å². The number of anilines is 1. The molecule has 3 aromatic rings. The number of benzene rings is 1. The topological polar surface area (TPSA) is 42.2 Å². The molecule has 28 heavy (non-hydrogen) atoms. The number of halogens is 3. The van der Waals surface area contributed by atoms with E-state index in [1.807, 2.05) is 19.9 Å². The molecule has 0 spiro atoms. The first-order valence-corrected chi connectivity index (χ1v) is 8.75. The quantitative estimate of drug-likeness (QED) is 0.470. The fraction of sp³-hybridized carbons (Fsp3) is 0.238. The molecule has 3 rings (SSSR count). The van der Waals surface area contributed by atoms with Crippen LogP contribution in [0.15, 0.2) is 47.7 Å². The number of hydrazone groups is 1. The van der Waals surface area contributed by atoms with Crippen molar-refractivity contribution in [2.24, 2.45) is 5.10 Å². The van der Waals surface area contributed by atoms with Crippen LogP contribution in [0.3, 0.4) is 0 Å². The lowest BCUT2D eigenvalue weighted by molar-refractivity contribution is -0.137. The number of nitrogens with one attached hydrogen (secondary N) is 1. The highest BCUT2D eigenvalue weighted by Crippen LogP contribution is 2.29. The first-order valence-electron chi connectivity index (χ1n) is 8.75. The smallest absolute Gasteiger partial charge is 0.318 e. The largest absolute Gasteiger partial charge is 0.417 e. The van der Waals surface area contributed by atoms with Gasteiger partial charge in [-0.3, -0.25) is 5.43 Å². The van der Waals surface area contributed by atoms with Gasteiger partial charge in [-0.15, -0.1) is 0 Å². The first kappa shape index (κ1) is 19.7. The zero-order chi connectivity index (χ0) is 20.5. The number of nitrogens with zero attached hydrogens (tertiary/aromatic N) is 3. The van der Waals surface area contributed by atoms with Gasteiger partial charge in [0.05, 0.1) is 11.8 Å². The minimum atomic E-state index is -4.40. The predicted octanol–water partition coefficient (Wildman–Crippen LogP) is 5.57. The maximum absolute atomic E-state index is 12.6. The van der Waals surface area contributed by atoms with E-state index in [1.165, 1.54) is 17.2 Å². The summed E-state index contributed by atoms with van der Waals surface area (Å²) in [5.74, 6) is 0.243. The van der Waals surface area contributed by atoms with E-state index in [-0.39, 0.29) is 5.82 Å². The van der Waals surface area contributed by atoms with Crippen molar-refractivity contribution in [1.82, 2.24) is 9.55 Å². The summed E-state index contributed by atoms with van der Waals surface area (Å²) < 4.78 is 39.9. The molecule has 0 unspecified atom stereocenters. The second-order valence-electron chi connectivity index (χ2n) is 6.75. The van der Waals surface area contributed by atoms with E-state index >= 15 is 0 Å². The van der Waals surface area contributed by atoms with Crippen molar-refractivity contribution in [1.29, 1.82) is 0 Å². The second-order valence-corrected chi connectivity index (χ2v) is 6.75. The van der Waals surface area contributed by atoms with Gasteiger partial charge >= 0.3 is 6.18 Å². The Labute approximate surface area is 161 Å². The lowest BCUT2D eigenvalue weighted by atomic mass is 10.1. The number of aryl methyl sites for hydroxylation is 3. The molecule has 0 aliphatic rings. The van der Waals surface area contributed by atoms with Gasteiger partial charge in [0, 0.05) is 28.8 Å². The average Bonchev–Trinajstić information content (AvgIpc) is 2.89. The summed E-state index contributed by atoms with van der Waals surface area (Å²) in [5, 5.41) is 4.12. The Morgan fingerprint density at radius 1 is 1.04 bits per heavy atom. The Morgan fingerprint density at radius 3 is 2.39 bits per heavy atom. The molecule has 2 aromatic heterocycles. The van der Waals surface area contributed by atoms with Crippen molar-refractivity contribution in [2.45, 2.75) is 33.9 Å². The van der Waals surface area contributed by atoms with Crippen molar-refractivity contribution in [3.63, 3.8) is 0 Å². The maximum atomic E-state index is 12.6. The molecular formula is C21H21F3N4. The number of rotatable bonds is 4. The summed E-state index contributed by atoms with van der Waals surface area (Å²) in [4.78, 5) is 3.74. The van der Waals surface area contributed by atoms with E-state index in [9.17, 15) is 13.2 Å². The predicted molar refractivity (Wildman–Crippen MR) is 105 cm³/mol. The third-order valence-corrected chi connectivity index (χ3v) is 4.54. The number of hydrogen-bond acceptors (Lipinski definition) is 3. The Hall–Kier alpha value is -3.09. The summed E-state index contributed by atoms with van der Waals surface area (Å²) >= 11 is 0. The van der Waals surface area contributed by atoms with Crippen molar-refractivity contribution < 1.29 is 13.2 Å². The van der Waals surface area contributed by atoms with E-state index in [0.717, 1.165) is 34.9 Å². The SMILES string of the molecule is Cc1ccc(-n2c(C)cc(/C=N\Nc3ccc(C(F)(F)F)cn3)c2C)c(C)c1. The Kier molecular flexibility index (Phi) is 5.27. The minimum Gasteiger partial charge on any atom is -0.318 e. The van der Waals surface area contributed by atoms with E-state index in [1.54, 1.807) is 6.21 Å². The highest BCUT2D eigenvalue weighted by Gasteiger charge is 2.30. The molecule has 0 fully saturated rings. The molecule has 0 atom stereocenters. The maximum Gasteiger partial charge on any atom is 0.417 e. The van der Waals surface area contributed by atoms with Gasteiger partial charge in [0.1, 0.15) is 5.82 Å². The first-order chi connectivity index (χ1) is 13.2. The summed E-state index contributed by atoms with van der Waals surface area (Å²) in [6.07, 6.45) is -1.98. The van der Waals surface area contributed by atoms with E-state index < -0.39 is 11.7 Å². The highest BCUT2D eigenvalue weighted by atomic mass is 19.4. The van der Waals surface area contributed by atoms with Gasteiger partial charge in [0.15, 0.2) is 0 Å². The van der Waals surface area contributed by atoms with Gasteiger partial charge in [-0.1, -0.05) is 17.7 Å². The molecule has 0 bridgehead atoms. The summed E-state index contributed by atoms with van der Waals surface area (Å²) in [7, 11) is 0. The van der Waals surface area contributed by atoms with Gasteiger partial charge in [-0.05, 0) is 57.5 Å². The molecule has 4 nitrogen and oxygen atoms in total. The van der Waals surface area contributed by atoms with Gasteiger partial charge in [-0.2, -0.15) is 18.3 Å². The third kappa shape index (κ3) is 4.08. The Morgan fingerprint density at radius 2 is 1.79 bits per heavy atom. The fourth-order valence-corrected chi connectivity index (χ4v) is 3.14. The third-order valence-electron chi connectivity index (χ3n) is 4.54. The molecule has 2 heterocycles. The van der Waals surface area contributed by atoms with E-state index in [2.05, 4.69) is 52.1 Å². The molecular weight excluding hydrogens is 365 g/mol. The lowest BCUT2D eigenvalue weighted by Gasteiger charge is -2.13. The summed E-state index contributed by atoms with van der Waals surface area (Å²) in [6.45, 7) is 8.16. The monoisotopic (exact) mass is 386 g/mol. The number of aromatic nitrogens is 2. The van der Waals surface area contributed by atoms with Crippen LogP contribution in [0.2, 0.25) is 0 Å². The molecule has 1 aromatic carbocycles. The normalized spacial score (nSPS) is 12.0. The number of alkyl halides is 3. The van der Waals surface area contributed by atoms with Crippen LogP contribution in [0.4, 0.5) is 19.0 Å². The van der Waals surface area contributed by atoms with Gasteiger partial charge < -0.3 is 4.57 Å². The van der Waals surface area contributed by atoms with Crippen LogP contribution in [0, 0.1) is 27.7 Å². The molecule has 0 saturated carbocycles. The highest BCUT2D eigenvalue weighted by molar-refractivity contribution is 5.82. The molecule has 1 N–H and O–H groups in total.